The topological polar surface area (TPSA) is 81.8 Å². The Bertz CT molecular complexity index is 862. The van der Waals surface area contributed by atoms with Crippen molar-refractivity contribution in [2.45, 2.75) is 25.0 Å². The molecule has 1 aliphatic rings. The van der Waals surface area contributed by atoms with Crippen molar-refractivity contribution in [2.24, 2.45) is 10.7 Å². The summed E-state index contributed by atoms with van der Waals surface area (Å²) in [6.07, 6.45) is -2.93. The smallest absolute Gasteiger partial charge is 0.267 e. The van der Waals surface area contributed by atoms with E-state index < -0.39 is 23.9 Å². The Morgan fingerprint density at radius 3 is 2.85 bits per heavy atom. The van der Waals surface area contributed by atoms with Gasteiger partial charge in [-0.25, -0.2) is 18.2 Å². The molecule has 0 amide bonds. The van der Waals surface area contributed by atoms with Crippen LogP contribution in [-0.2, 0) is 10.3 Å². The first-order chi connectivity index (χ1) is 12.8. The molecular weight excluding hydrogens is 361 g/mol. The molecule has 0 bridgehead atoms. The number of nitrogens with two attached hydrogens (primary N) is 1. The van der Waals surface area contributed by atoms with Crippen molar-refractivity contribution in [3.63, 3.8) is 0 Å². The molecule has 9 heteroatoms. The maximum Gasteiger partial charge on any atom is 0.267 e. The normalized spacial score (nSPS) is 22.4. The number of methoxy groups -OCH3 is 1. The molecule has 0 aliphatic carbocycles. The molecule has 1 aromatic carbocycles. The Hall–Kier alpha value is -2.81. The van der Waals surface area contributed by atoms with Crippen LogP contribution >= 0.6 is 0 Å². The number of rotatable bonds is 5. The molecule has 1 aromatic heterocycles. The summed E-state index contributed by atoms with van der Waals surface area (Å²) in [5, 5.41) is 2.99. The zero-order valence-corrected chi connectivity index (χ0v) is 14.7. The van der Waals surface area contributed by atoms with Gasteiger partial charge in [0.25, 0.3) is 6.43 Å². The fraction of sp³-hybridized carbons (Fsp3) is 0.333. The summed E-state index contributed by atoms with van der Waals surface area (Å²) in [5.74, 6) is 0.210. The van der Waals surface area contributed by atoms with E-state index in [0.717, 1.165) is 0 Å². The van der Waals surface area contributed by atoms with E-state index in [9.17, 15) is 13.2 Å². The van der Waals surface area contributed by atoms with Crippen LogP contribution in [0.15, 0.2) is 41.5 Å². The SMILES string of the molecule is COc1cccnc1Nc1ccc(F)c([C@@]2(C)N=C(N)COC2C(F)F)c1. The fourth-order valence-electron chi connectivity index (χ4n) is 3.04. The van der Waals surface area contributed by atoms with Crippen LogP contribution in [0.3, 0.4) is 0 Å². The molecule has 1 unspecified atom stereocenters. The zero-order valence-electron chi connectivity index (χ0n) is 14.7. The molecule has 1 aliphatic heterocycles. The third-order valence-electron chi connectivity index (χ3n) is 4.33. The fourth-order valence-corrected chi connectivity index (χ4v) is 3.04. The van der Waals surface area contributed by atoms with Crippen LogP contribution in [-0.4, -0.2) is 37.1 Å². The van der Waals surface area contributed by atoms with Crippen LogP contribution in [0.25, 0.3) is 0 Å². The summed E-state index contributed by atoms with van der Waals surface area (Å²) >= 11 is 0. The van der Waals surface area contributed by atoms with E-state index in [-0.39, 0.29) is 18.0 Å². The molecule has 2 atom stereocenters. The second-order valence-electron chi connectivity index (χ2n) is 6.19. The molecule has 0 fully saturated rings. The minimum atomic E-state index is -2.86. The number of alkyl halides is 2. The third-order valence-corrected chi connectivity index (χ3v) is 4.33. The number of nitrogens with one attached hydrogen (secondary N) is 1. The molecule has 0 radical (unpaired) electrons. The van der Waals surface area contributed by atoms with E-state index >= 15 is 0 Å². The molecule has 27 heavy (non-hydrogen) atoms. The van der Waals surface area contributed by atoms with Gasteiger partial charge in [-0.1, -0.05) is 0 Å². The van der Waals surface area contributed by atoms with Crippen LogP contribution in [0.1, 0.15) is 12.5 Å². The molecular formula is C18H19F3N4O2. The molecule has 2 aromatic rings. The Labute approximate surface area is 154 Å². The van der Waals surface area contributed by atoms with Crippen LogP contribution in [0, 0.1) is 5.82 Å². The number of nitrogens with zero attached hydrogens (tertiary/aromatic N) is 2. The van der Waals surface area contributed by atoms with Gasteiger partial charge in [0, 0.05) is 17.4 Å². The van der Waals surface area contributed by atoms with E-state index in [4.69, 9.17) is 15.2 Å². The van der Waals surface area contributed by atoms with Gasteiger partial charge in [0.15, 0.2) is 11.6 Å². The Morgan fingerprint density at radius 1 is 1.37 bits per heavy atom. The molecule has 3 rings (SSSR count). The van der Waals surface area contributed by atoms with Crippen LogP contribution < -0.4 is 15.8 Å². The van der Waals surface area contributed by atoms with Gasteiger partial charge in [-0.15, -0.1) is 0 Å². The molecule has 3 N–H and O–H groups in total. The highest BCUT2D eigenvalue weighted by atomic mass is 19.3. The van der Waals surface area contributed by atoms with Gasteiger partial charge in [0.2, 0.25) is 0 Å². The second-order valence-corrected chi connectivity index (χ2v) is 6.19. The Balaban J connectivity index is 2.03. The van der Waals surface area contributed by atoms with E-state index in [2.05, 4.69) is 15.3 Å². The van der Waals surface area contributed by atoms with Crippen LogP contribution in [0.2, 0.25) is 0 Å². The van der Waals surface area contributed by atoms with Gasteiger partial charge in [-0.2, -0.15) is 0 Å². The summed E-state index contributed by atoms with van der Waals surface area (Å²) in [7, 11) is 1.49. The second kappa shape index (κ2) is 7.43. The number of anilines is 2. The quantitative estimate of drug-likeness (QED) is 0.833. The van der Waals surface area contributed by atoms with E-state index in [1.54, 1.807) is 18.3 Å². The van der Waals surface area contributed by atoms with Crippen molar-refractivity contribution < 1.29 is 22.6 Å². The van der Waals surface area contributed by atoms with Gasteiger partial charge < -0.3 is 20.5 Å². The Morgan fingerprint density at radius 2 is 2.15 bits per heavy atom. The first-order valence-electron chi connectivity index (χ1n) is 8.15. The number of aromatic nitrogens is 1. The molecule has 0 saturated carbocycles. The van der Waals surface area contributed by atoms with Gasteiger partial charge in [-0.05, 0) is 37.3 Å². The maximum atomic E-state index is 14.6. The number of halogens is 3. The van der Waals surface area contributed by atoms with E-state index in [1.807, 2.05) is 0 Å². The van der Waals surface area contributed by atoms with Crippen molar-refractivity contribution in [3.8, 4) is 5.75 Å². The molecule has 6 nitrogen and oxygen atoms in total. The lowest BCUT2D eigenvalue weighted by molar-refractivity contribution is -0.0883. The summed E-state index contributed by atoms with van der Waals surface area (Å²) in [6.45, 7) is 1.15. The van der Waals surface area contributed by atoms with Crippen molar-refractivity contribution in [1.82, 2.24) is 4.98 Å². The summed E-state index contributed by atoms with van der Waals surface area (Å²) in [5.41, 5.74) is 4.37. The average Bonchev–Trinajstić information content (AvgIpc) is 2.63. The maximum absolute atomic E-state index is 14.6. The number of aliphatic imine (C=N–C) groups is 1. The van der Waals surface area contributed by atoms with Crippen molar-refractivity contribution >= 4 is 17.3 Å². The van der Waals surface area contributed by atoms with E-state index in [0.29, 0.717) is 17.3 Å². The highest BCUT2D eigenvalue weighted by Gasteiger charge is 2.46. The largest absolute Gasteiger partial charge is 0.493 e. The standard InChI is InChI=1S/C18H19F3N4O2/c1-18(15(16(20)21)27-9-14(22)25-18)11-8-10(5-6-12(11)19)24-17-13(26-2)4-3-7-23-17/h3-8,15-16H,9H2,1-2H3,(H2,22,25)(H,23,24)/t15?,18-/m1/s1. The Kier molecular flexibility index (Phi) is 5.22. The van der Waals surface area contributed by atoms with Crippen molar-refractivity contribution in [2.75, 3.05) is 19.0 Å². The number of pyridine rings is 1. The van der Waals surface area contributed by atoms with E-state index in [1.165, 1.54) is 32.2 Å². The minimum Gasteiger partial charge on any atom is -0.493 e. The van der Waals surface area contributed by atoms with Gasteiger partial charge in [0.1, 0.15) is 29.9 Å². The molecule has 2 heterocycles. The number of amidine groups is 1. The molecule has 144 valence electrons. The highest BCUT2D eigenvalue weighted by molar-refractivity contribution is 5.83. The number of benzene rings is 1. The van der Waals surface area contributed by atoms with Crippen LogP contribution in [0.4, 0.5) is 24.7 Å². The molecule has 0 saturated heterocycles. The number of ether oxygens (including phenoxy) is 2. The first kappa shape index (κ1) is 19.0. The van der Waals surface area contributed by atoms with Crippen molar-refractivity contribution in [1.29, 1.82) is 0 Å². The van der Waals surface area contributed by atoms with Crippen molar-refractivity contribution in [3.05, 3.63) is 47.9 Å². The van der Waals surface area contributed by atoms with Gasteiger partial charge >= 0.3 is 0 Å². The van der Waals surface area contributed by atoms with Gasteiger partial charge in [-0.3, -0.25) is 4.99 Å². The number of hydrogen-bond acceptors (Lipinski definition) is 6. The summed E-state index contributed by atoms with van der Waals surface area (Å²) < 4.78 is 51.9. The van der Waals surface area contributed by atoms with Gasteiger partial charge in [0.05, 0.1) is 7.11 Å². The summed E-state index contributed by atoms with van der Waals surface area (Å²) in [6, 6.07) is 7.43. The van der Waals surface area contributed by atoms with Crippen LogP contribution in [0.5, 0.6) is 5.75 Å². The summed E-state index contributed by atoms with van der Waals surface area (Å²) in [4.78, 5) is 8.27. The zero-order chi connectivity index (χ0) is 19.6. The number of hydrogen-bond donors (Lipinski definition) is 2. The lowest BCUT2D eigenvalue weighted by Gasteiger charge is -2.37. The predicted octanol–water partition coefficient (Wildman–Crippen LogP) is 3.21. The molecule has 0 spiro atoms. The third kappa shape index (κ3) is 3.68. The monoisotopic (exact) mass is 380 g/mol. The predicted molar refractivity (Wildman–Crippen MR) is 95.2 cm³/mol. The minimum absolute atomic E-state index is 0.0264. The average molecular weight is 380 g/mol. The first-order valence-corrected chi connectivity index (χ1v) is 8.15. The highest BCUT2D eigenvalue weighted by Crippen LogP contribution is 2.39. The lowest BCUT2D eigenvalue weighted by Crippen LogP contribution is -2.49. The lowest BCUT2D eigenvalue weighted by atomic mass is 9.85.